The monoisotopic (exact) mass is 340 g/mol. The first-order valence-electron chi connectivity index (χ1n) is 8.47. The van der Waals surface area contributed by atoms with Crippen molar-refractivity contribution in [2.75, 3.05) is 13.1 Å². The van der Waals surface area contributed by atoms with Gasteiger partial charge in [-0.1, -0.05) is 31.0 Å². The molecule has 0 aliphatic carbocycles. The first-order chi connectivity index (χ1) is 11.0. The van der Waals surface area contributed by atoms with Crippen LogP contribution in [0.15, 0.2) is 18.2 Å². The van der Waals surface area contributed by atoms with Gasteiger partial charge in [0.1, 0.15) is 5.82 Å². The molecule has 1 heterocycles. The number of halogens is 2. The smallest absolute Gasteiger partial charge is 0.224 e. The lowest BCUT2D eigenvalue weighted by Gasteiger charge is -2.37. The van der Waals surface area contributed by atoms with Crippen molar-refractivity contribution < 1.29 is 9.18 Å². The summed E-state index contributed by atoms with van der Waals surface area (Å²) >= 11 is 6.13. The van der Waals surface area contributed by atoms with Crippen LogP contribution in [0.1, 0.15) is 45.1 Å². The standard InChI is InChI=1S/C18H26ClFN2O/c1-3-4-10-21-18(23)14-9-8-13(2)22(11-14)12-15-16(19)6-5-7-17(15)20/h5-7,13-14H,3-4,8-12H2,1-2H3,(H,21,23). The number of amides is 1. The molecule has 5 heteroatoms. The highest BCUT2D eigenvalue weighted by molar-refractivity contribution is 6.31. The second-order valence-corrected chi connectivity index (χ2v) is 6.80. The van der Waals surface area contributed by atoms with Crippen molar-refractivity contribution in [3.05, 3.63) is 34.6 Å². The fraction of sp³-hybridized carbons (Fsp3) is 0.611. The summed E-state index contributed by atoms with van der Waals surface area (Å²) in [6, 6.07) is 5.09. The summed E-state index contributed by atoms with van der Waals surface area (Å²) in [6.45, 7) is 6.07. The number of nitrogens with zero attached hydrogens (tertiary/aromatic N) is 1. The van der Waals surface area contributed by atoms with Gasteiger partial charge in [-0.3, -0.25) is 9.69 Å². The van der Waals surface area contributed by atoms with Crippen LogP contribution in [0, 0.1) is 11.7 Å². The average Bonchev–Trinajstić information content (AvgIpc) is 2.53. The van der Waals surface area contributed by atoms with Crippen molar-refractivity contribution in [3.8, 4) is 0 Å². The Hall–Kier alpha value is -1.13. The van der Waals surface area contributed by atoms with Crippen molar-refractivity contribution in [1.82, 2.24) is 10.2 Å². The number of piperidine rings is 1. The molecule has 128 valence electrons. The Morgan fingerprint density at radius 3 is 2.91 bits per heavy atom. The van der Waals surface area contributed by atoms with Gasteiger partial charge in [0.15, 0.2) is 0 Å². The van der Waals surface area contributed by atoms with Crippen LogP contribution in [0.3, 0.4) is 0 Å². The lowest BCUT2D eigenvalue weighted by atomic mass is 9.92. The molecule has 3 nitrogen and oxygen atoms in total. The minimum atomic E-state index is -0.278. The Balaban J connectivity index is 1.99. The summed E-state index contributed by atoms with van der Waals surface area (Å²) in [5.41, 5.74) is 0.521. The normalized spacial score (nSPS) is 22.1. The molecule has 1 saturated heterocycles. The van der Waals surface area contributed by atoms with Gasteiger partial charge in [0.2, 0.25) is 5.91 Å². The molecule has 23 heavy (non-hydrogen) atoms. The van der Waals surface area contributed by atoms with Crippen LogP contribution in [0.4, 0.5) is 4.39 Å². The van der Waals surface area contributed by atoms with E-state index >= 15 is 0 Å². The Morgan fingerprint density at radius 2 is 2.22 bits per heavy atom. The van der Waals surface area contributed by atoms with E-state index in [1.54, 1.807) is 12.1 Å². The number of hydrogen-bond acceptors (Lipinski definition) is 2. The second-order valence-electron chi connectivity index (χ2n) is 6.40. The molecule has 1 aromatic rings. The first-order valence-corrected chi connectivity index (χ1v) is 8.85. The fourth-order valence-electron chi connectivity index (χ4n) is 3.03. The summed E-state index contributed by atoms with van der Waals surface area (Å²) < 4.78 is 14.0. The largest absolute Gasteiger partial charge is 0.356 e. The maximum Gasteiger partial charge on any atom is 0.224 e. The molecule has 0 radical (unpaired) electrons. The summed E-state index contributed by atoms with van der Waals surface area (Å²) in [6.07, 6.45) is 3.90. The highest BCUT2D eigenvalue weighted by Crippen LogP contribution is 2.27. The van der Waals surface area contributed by atoms with E-state index in [-0.39, 0.29) is 17.6 Å². The number of carbonyl (C=O) groups is 1. The van der Waals surface area contributed by atoms with Crippen LogP contribution in [-0.2, 0) is 11.3 Å². The van der Waals surface area contributed by atoms with Gasteiger partial charge in [-0.25, -0.2) is 4.39 Å². The molecule has 1 N–H and O–H groups in total. The van der Waals surface area contributed by atoms with Gasteiger partial charge in [-0.05, 0) is 38.3 Å². The van der Waals surface area contributed by atoms with Crippen molar-refractivity contribution in [2.24, 2.45) is 5.92 Å². The highest BCUT2D eigenvalue weighted by Gasteiger charge is 2.30. The molecule has 0 bridgehead atoms. The molecule has 1 aliphatic rings. The van der Waals surface area contributed by atoms with Crippen molar-refractivity contribution in [1.29, 1.82) is 0 Å². The molecule has 2 atom stereocenters. The number of rotatable bonds is 6. The summed E-state index contributed by atoms with van der Waals surface area (Å²) in [4.78, 5) is 14.4. The number of carbonyl (C=O) groups excluding carboxylic acids is 1. The fourth-order valence-corrected chi connectivity index (χ4v) is 3.26. The lowest BCUT2D eigenvalue weighted by Crippen LogP contribution is -2.46. The van der Waals surface area contributed by atoms with Gasteiger partial charge >= 0.3 is 0 Å². The van der Waals surface area contributed by atoms with E-state index < -0.39 is 0 Å². The Morgan fingerprint density at radius 1 is 1.43 bits per heavy atom. The predicted molar refractivity (Wildman–Crippen MR) is 91.9 cm³/mol. The second kappa shape index (κ2) is 8.65. The number of nitrogens with one attached hydrogen (secondary N) is 1. The van der Waals surface area contributed by atoms with E-state index in [2.05, 4.69) is 24.1 Å². The minimum absolute atomic E-state index is 0.0198. The first kappa shape index (κ1) is 18.2. The zero-order chi connectivity index (χ0) is 16.8. The molecule has 2 unspecified atom stereocenters. The average molecular weight is 341 g/mol. The van der Waals surface area contributed by atoms with Crippen LogP contribution < -0.4 is 5.32 Å². The molecule has 0 aromatic heterocycles. The number of unbranched alkanes of at least 4 members (excludes halogenated alkanes) is 1. The molecule has 1 amide bonds. The van der Waals surface area contributed by atoms with E-state index in [0.29, 0.717) is 29.7 Å². The quantitative estimate of drug-likeness (QED) is 0.794. The number of hydrogen-bond donors (Lipinski definition) is 1. The van der Waals surface area contributed by atoms with E-state index in [1.807, 2.05) is 0 Å². The van der Waals surface area contributed by atoms with Crippen LogP contribution >= 0.6 is 11.6 Å². The van der Waals surface area contributed by atoms with Gasteiger partial charge in [0, 0.05) is 36.3 Å². The van der Waals surface area contributed by atoms with Crippen molar-refractivity contribution in [2.45, 2.75) is 52.1 Å². The minimum Gasteiger partial charge on any atom is -0.356 e. The summed E-state index contributed by atoms with van der Waals surface area (Å²) in [7, 11) is 0. The van der Waals surface area contributed by atoms with Crippen molar-refractivity contribution >= 4 is 17.5 Å². The number of likely N-dealkylation sites (tertiary alicyclic amines) is 1. The maximum absolute atomic E-state index is 14.0. The SMILES string of the molecule is CCCCNC(=O)C1CCC(C)N(Cc2c(F)cccc2Cl)C1. The zero-order valence-electron chi connectivity index (χ0n) is 13.9. The molecular weight excluding hydrogens is 315 g/mol. The van der Waals surface area contributed by atoms with Crippen LogP contribution in [0.5, 0.6) is 0 Å². The van der Waals surface area contributed by atoms with Gasteiger partial charge in [0.05, 0.1) is 5.92 Å². The van der Waals surface area contributed by atoms with Crippen LogP contribution in [0.25, 0.3) is 0 Å². The van der Waals surface area contributed by atoms with Gasteiger partial charge in [-0.2, -0.15) is 0 Å². The number of benzene rings is 1. The maximum atomic E-state index is 14.0. The third kappa shape index (κ3) is 4.92. The Labute approximate surface area is 143 Å². The van der Waals surface area contributed by atoms with E-state index in [4.69, 9.17) is 11.6 Å². The van der Waals surface area contributed by atoms with Crippen LogP contribution in [0.2, 0.25) is 5.02 Å². The van der Waals surface area contributed by atoms with E-state index in [1.165, 1.54) is 6.07 Å². The lowest BCUT2D eigenvalue weighted by molar-refractivity contribution is -0.127. The molecule has 1 fully saturated rings. The summed E-state index contributed by atoms with van der Waals surface area (Å²) in [5.74, 6) is -0.178. The molecule has 1 aliphatic heterocycles. The Bertz CT molecular complexity index is 518. The third-order valence-corrected chi connectivity index (χ3v) is 4.99. The zero-order valence-corrected chi connectivity index (χ0v) is 14.7. The van der Waals surface area contributed by atoms with E-state index in [0.717, 1.165) is 32.2 Å². The van der Waals surface area contributed by atoms with E-state index in [9.17, 15) is 9.18 Å². The third-order valence-electron chi connectivity index (χ3n) is 4.63. The summed E-state index contributed by atoms with van der Waals surface area (Å²) in [5, 5.41) is 3.46. The highest BCUT2D eigenvalue weighted by atomic mass is 35.5. The van der Waals surface area contributed by atoms with Gasteiger partial charge in [-0.15, -0.1) is 0 Å². The Kier molecular flexibility index (Phi) is 6.85. The van der Waals surface area contributed by atoms with Gasteiger partial charge < -0.3 is 5.32 Å². The molecular formula is C18H26ClFN2O. The molecule has 0 saturated carbocycles. The van der Waals surface area contributed by atoms with Crippen molar-refractivity contribution in [3.63, 3.8) is 0 Å². The molecule has 2 rings (SSSR count). The predicted octanol–water partition coefficient (Wildman–Crippen LogP) is 4.00. The van der Waals surface area contributed by atoms with Crippen LogP contribution in [-0.4, -0.2) is 29.9 Å². The molecule has 0 spiro atoms. The molecule has 1 aromatic carbocycles. The topological polar surface area (TPSA) is 32.3 Å². The van der Waals surface area contributed by atoms with Gasteiger partial charge in [0.25, 0.3) is 0 Å².